The van der Waals surface area contributed by atoms with Crippen molar-refractivity contribution in [3.63, 3.8) is 0 Å². The van der Waals surface area contributed by atoms with Crippen LogP contribution in [0, 0.1) is 11.2 Å². The summed E-state index contributed by atoms with van der Waals surface area (Å²) in [4.78, 5) is 12.7. The van der Waals surface area contributed by atoms with Crippen LogP contribution in [0.1, 0.15) is 32.3 Å². The van der Waals surface area contributed by atoms with Crippen LogP contribution in [-0.2, 0) is 0 Å². The topological polar surface area (TPSA) is 60.8 Å². The van der Waals surface area contributed by atoms with Gasteiger partial charge in [-0.05, 0) is 23.1 Å². The zero-order chi connectivity index (χ0) is 15.1. The van der Waals surface area contributed by atoms with Gasteiger partial charge >= 0.3 is 6.09 Å². The summed E-state index contributed by atoms with van der Waals surface area (Å²) in [5, 5.41) is 19.9. The molecule has 1 unspecified atom stereocenters. The largest absolute Gasteiger partial charge is 0.465 e. The summed E-state index contributed by atoms with van der Waals surface area (Å²) in [6.07, 6.45) is -1.83. The molecule has 0 spiro atoms. The van der Waals surface area contributed by atoms with Gasteiger partial charge in [-0.15, -0.1) is 0 Å². The van der Waals surface area contributed by atoms with E-state index in [1.807, 2.05) is 20.8 Å². The van der Waals surface area contributed by atoms with E-state index in [4.69, 9.17) is 0 Å². The van der Waals surface area contributed by atoms with E-state index in [0.717, 1.165) is 5.56 Å². The molecule has 1 aliphatic heterocycles. The molecule has 1 aliphatic rings. The van der Waals surface area contributed by atoms with Crippen molar-refractivity contribution in [2.24, 2.45) is 5.41 Å². The SMILES string of the molecule is CC(C)(C)C1[C@H](O)[C@@H](c2ccc(F)cc2)CN1C(=O)O. The Morgan fingerprint density at radius 1 is 1.30 bits per heavy atom. The van der Waals surface area contributed by atoms with Crippen molar-refractivity contribution >= 4 is 6.09 Å². The van der Waals surface area contributed by atoms with E-state index in [2.05, 4.69) is 0 Å². The highest BCUT2D eigenvalue weighted by Gasteiger charge is 2.48. The lowest BCUT2D eigenvalue weighted by Crippen LogP contribution is -2.47. The number of hydrogen-bond donors (Lipinski definition) is 2. The minimum absolute atomic E-state index is 0.226. The normalized spacial score (nSPS) is 26.9. The number of carboxylic acid groups (broad SMARTS) is 1. The highest BCUT2D eigenvalue weighted by atomic mass is 19.1. The molecule has 1 amide bonds. The summed E-state index contributed by atoms with van der Waals surface area (Å²) >= 11 is 0. The smallest absolute Gasteiger partial charge is 0.407 e. The van der Waals surface area contributed by atoms with Gasteiger partial charge in [0.15, 0.2) is 0 Å². The summed E-state index contributed by atoms with van der Waals surface area (Å²) in [6, 6.07) is 5.40. The highest BCUT2D eigenvalue weighted by Crippen LogP contribution is 2.40. The highest BCUT2D eigenvalue weighted by molar-refractivity contribution is 5.66. The van der Waals surface area contributed by atoms with E-state index in [1.54, 1.807) is 12.1 Å². The molecule has 0 aliphatic carbocycles. The molecule has 1 aromatic rings. The van der Waals surface area contributed by atoms with Crippen LogP contribution in [0.5, 0.6) is 0 Å². The average molecular weight is 281 g/mol. The van der Waals surface area contributed by atoms with E-state index in [0.29, 0.717) is 0 Å². The number of carbonyl (C=O) groups is 1. The molecule has 1 heterocycles. The monoisotopic (exact) mass is 281 g/mol. The Morgan fingerprint density at radius 2 is 1.85 bits per heavy atom. The van der Waals surface area contributed by atoms with Gasteiger partial charge in [-0.3, -0.25) is 0 Å². The van der Waals surface area contributed by atoms with Crippen molar-refractivity contribution in [3.05, 3.63) is 35.6 Å². The zero-order valence-corrected chi connectivity index (χ0v) is 11.9. The molecule has 0 bridgehead atoms. The van der Waals surface area contributed by atoms with Crippen molar-refractivity contribution in [2.45, 2.75) is 38.8 Å². The predicted molar refractivity (Wildman–Crippen MR) is 73.1 cm³/mol. The minimum Gasteiger partial charge on any atom is -0.465 e. The number of aliphatic hydroxyl groups excluding tert-OH is 1. The van der Waals surface area contributed by atoms with Crippen LogP contribution in [0.2, 0.25) is 0 Å². The van der Waals surface area contributed by atoms with Gasteiger partial charge < -0.3 is 15.1 Å². The van der Waals surface area contributed by atoms with Gasteiger partial charge in [0.05, 0.1) is 12.1 Å². The van der Waals surface area contributed by atoms with Gasteiger partial charge in [-0.25, -0.2) is 9.18 Å². The molecule has 1 saturated heterocycles. The van der Waals surface area contributed by atoms with Crippen LogP contribution in [0.25, 0.3) is 0 Å². The molecule has 110 valence electrons. The fraction of sp³-hybridized carbons (Fsp3) is 0.533. The Kier molecular flexibility index (Phi) is 3.73. The Morgan fingerprint density at radius 3 is 2.25 bits per heavy atom. The maximum Gasteiger partial charge on any atom is 0.407 e. The first-order chi connectivity index (χ1) is 9.21. The van der Waals surface area contributed by atoms with Crippen molar-refractivity contribution in [2.75, 3.05) is 6.54 Å². The number of rotatable bonds is 1. The molecule has 1 aromatic carbocycles. The Bertz CT molecular complexity index is 495. The number of aliphatic hydroxyl groups is 1. The summed E-state index contributed by atoms with van der Waals surface area (Å²) in [6.45, 7) is 5.95. The maximum atomic E-state index is 13.0. The summed E-state index contributed by atoms with van der Waals surface area (Å²) in [7, 11) is 0. The van der Waals surface area contributed by atoms with Gasteiger partial charge in [0, 0.05) is 12.5 Å². The van der Waals surface area contributed by atoms with E-state index in [9.17, 15) is 19.4 Å². The van der Waals surface area contributed by atoms with Gasteiger partial charge in [-0.2, -0.15) is 0 Å². The number of hydrogen-bond acceptors (Lipinski definition) is 2. The second kappa shape index (κ2) is 5.05. The first-order valence-corrected chi connectivity index (χ1v) is 6.65. The van der Waals surface area contributed by atoms with E-state index >= 15 is 0 Å². The van der Waals surface area contributed by atoms with Gasteiger partial charge in [-0.1, -0.05) is 32.9 Å². The van der Waals surface area contributed by atoms with Gasteiger partial charge in [0.1, 0.15) is 5.82 Å². The van der Waals surface area contributed by atoms with Crippen LogP contribution >= 0.6 is 0 Å². The fourth-order valence-corrected chi connectivity index (χ4v) is 3.03. The van der Waals surface area contributed by atoms with E-state index in [1.165, 1.54) is 17.0 Å². The van der Waals surface area contributed by atoms with Crippen molar-refractivity contribution < 1.29 is 19.4 Å². The molecular weight excluding hydrogens is 261 g/mol. The fourth-order valence-electron chi connectivity index (χ4n) is 3.03. The standard InChI is InChI=1S/C15H20FNO3/c1-15(2,3)13-12(18)11(8-17(13)14(19)20)9-4-6-10(16)7-5-9/h4-7,11-13,18H,8H2,1-3H3,(H,19,20)/t11-,12-,13?/m1/s1. The molecule has 2 N–H and O–H groups in total. The summed E-state index contributed by atoms with van der Waals surface area (Å²) in [5.41, 5.74) is 0.393. The number of nitrogens with zero attached hydrogens (tertiary/aromatic N) is 1. The zero-order valence-electron chi connectivity index (χ0n) is 11.9. The lowest BCUT2D eigenvalue weighted by Gasteiger charge is -2.35. The predicted octanol–water partition coefficient (Wildman–Crippen LogP) is 2.68. The molecule has 3 atom stereocenters. The van der Waals surface area contributed by atoms with Crippen molar-refractivity contribution in [1.82, 2.24) is 4.90 Å². The molecule has 20 heavy (non-hydrogen) atoms. The molecule has 2 rings (SSSR count). The van der Waals surface area contributed by atoms with Crippen molar-refractivity contribution in [3.8, 4) is 0 Å². The van der Waals surface area contributed by atoms with Gasteiger partial charge in [0.25, 0.3) is 0 Å². The molecule has 5 heteroatoms. The first-order valence-electron chi connectivity index (χ1n) is 6.65. The third-order valence-electron chi connectivity index (χ3n) is 3.90. The van der Waals surface area contributed by atoms with E-state index < -0.39 is 18.2 Å². The number of likely N-dealkylation sites (tertiary alicyclic amines) is 1. The molecule has 0 aromatic heterocycles. The van der Waals surface area contributed by atoms with Crippen LogP contribution in [-0.4, -0.2) is 39.9 Å². The van der Waals surface area contributed by atoms with Crippen molar-refractivity contribution in [1.29, 1.82) is 0 Å². The van der Waals surface area contributed by atoms with Crippen LogP contribution in [0.3, 0.4) is 0 Å². The second-order valence-corrected chi connectivity index (χ2v) is 6.39. The molecular formula is C15H20FNO3. The Labute approximate surface area is 117 Å². The quantitative estimate of drug-likeness (QED) is 0.832. The van der Waals surface area contributed by atoms with E-state index in [-0.39, 0.29) is 23.7 Å². The third kappa shape index (κ3) is 2.63. The lowest BCUT2D eigenvalue weighted by atomic mass is 9.80. The number of amides is 1. The lowest BCUT2D eigenvalue weighted by molar-refractivity contribution is 0.0424. The molecule has 0 saturated carbocycles. The summed E-state index contributed by atoms with van der Waals surface area (Å²) in [5.74, 6) is -0.667. The van der Waals surface area contributed by atoms with Crippen LogP contribution in [0.15, 0.2) is 24.3 Å². The minimum atomic E-state index is -1.03. The van der Waals surface area contributed by atoms with Crippen LogP contribution < -0.4 is 0 Å². The average Bonchev–Trinajstić information content (AvgIpc) is 2.68. The first kappa shape index (κ1) is 14.8. The summed E-state index contributed by atoms with van der Waals surface area (Å²) < 4.78 is 13.0. The number of benzene rings is 1. The number of halogens is 1. The molecule has 1 fully saturated rings. The third-order valence-corrected chi connectivity index (χ3v) is 3.90. The maximum absolute atomic E-state index is 13.0. The Hall–Kier alpha value is -1.62. The van der Waals surface area contributed by atoms with Crippen LogP contribution in [0.4, 0.5) is 9.18 Å². The van der Waals surface area contributed by atoms with Gasteiger partial charge in [0.2, 0.25) is 0 Å². The molecule has 0 radical (unpaired) electrons. The second-order valence-electron chi connectivity index (χ2n) is 6.39. The molecule has 4 nitrogen and oxygen atoms in total. The Balaban J connectivity index is 2.34.